The van der Waals surface area contributed by atoms with Gasteiger partial charge in [-0.3, -0.25) is 4.79 Å². The normalized spacial score (nSPS) is 29.1. The van der Waals surface area contributed by atoms with Crippen LogP contribution in [0.5, 0.6) is 0 Å². The van der Waals surface area contributed by atoms with Gasteiger partial charge in [-0.2, -0.15) is 13.2 Å². The zero-order valence-electron chi connectivity index (χ0n) is 13.3. The zero-order chi connectivity index (χ0) is 18.8. The molecule has 0 aromatic carbocycles. The lowest BCUT2D eigenvalue weighted by Gasteiger charge is -2.28. The third-order valence-electron chi connectivity index (χ3n) is 4.69. The van der Waals surface area contributed by atoms with Crippen molar-refractivity contribution in [1.82, 2.24) is 15.1 Å². The van der Waals surface area contributed by atoms with Crippen LogP contribution in [0.2, 0.25) is 0 Å². The van der Waals surface area contributed by atoms with Gasteiger partial charge in [0.1, 0.15) is 0 Å². The van der Waals surface area contributed by atoms with E-state index >= 15 is 0 Å². The first-order valence-electron chi connectivity index (χ1n) is 7.92. The Labute approximate surface area is 141 Å². The first kappa shape index (κ1) is 19.3. The van der Waals surface area contributed by atoms with Crippen molar-refractivity contribution >= 4 is 18.0 Å². The summed E-state index contributed by atoms with van der Waals surface area (Å²) >= 11 is 0. The van der Waals surface area contributed by atoms with Gasteiger partial charge in [0.2, 0.25) is 0 Å². The van der Waals surface area contributed by atoms with E-state index < -0.39 is 18.1 Å². The number of alkyl halides is 3. The van der Waals surface area contributed by atoms with Gasteiger partial charge in [-0.1, -0.05) is 0 Å². The highest BCUT2D eigenvalue weighted by Crippen LogP contribution is 2.33. The predicted molar refractivity (Wildman–Crippen MR) is 77.9 cm³/mol. The molecule has 3 N–H and O–H groups in total. The highest BCUT2D eigenvalue weighted by Gasteiger charge is 2.44. The Kier molecular flexibility index (Phi) is 5.76. The highest BCUT2D eigenvalue weighted by molar-refractivity contribution is 5.78. The molecule has 2 heterocycles. The molecule has 2 aliphatic heterocycles. The van der Waals surface area contributed by atoms with Crippen molar-refractivity contribution in [1.29, 1.82) is 0 Å². The molecule has 25 heavy (non-hydrogen) atoms. The van der Waals surface area contributed by atoms with Gasteiger partial charge in [-0.05, 0) is 19.3 Å². The standard InChI is InChI=1S/C12H19N3O3.C2HF3O2/c16-11(17)8-1-2-9(5-8)15-7-10-6-13-3-4-14(10)12(15)18;3-2(4,5)1(6)7/h8-10,13H,1-7H2,(H,16,17);(H,6,7)/t8-,9+,10-;/m0./s1. The van der Waals surface area contributed by atoms with Gasteiger partial charge in [0, 0.05) is 32.2 Å². The Morgan fingerprint density at radius 3 is 2.24 bits per heavy atom. The van der Waals surface area contributed by atoms with Crippen LogP contribution in [0.15, 0.2) is 0 Å². The summed E-state index contributed by atoms with van der Waals surface area (Å²) in [6.07, 6.45) is -2.93. The Bertz CT molecular complexity index is 542. The third kappa shape index (κ3) is 4.53. The number of urea groups is 1. The lowest BCUT2D eigenvalue weighted by molar-refractivity contribution is -0.192. The summed E-state index contributed by atoms with van der Waals surface area (Å²) < 4.78 is 31.7. The van der Waals surface area contributed by atoms with Crippen molar-refractivity contribution in [2.45, 2.75) is 37.5 Å². The summed E-state index contributed by atoms with van der Waals surface area (Å²) in [4.78, 5) is 36.0. The molecular formula is C14H20F3N3O5. The SMILES string of the molecule is O=C(O)C(F)(F)F.O=C(O)[C@H]1CC[C@@H](N2C[C@@H]3CNCCN3C2=O)C1. The first-order chi connectivity index (χ1) is 11.6. The molecular weight excluding hydrogens is 347 g/mol. The topological polar surface area (TPSA) is 110 Å². The maximum Gasteiger partial charge on any atom is 0.490 e. The van der Waals surface area contributed by atoms with Crippen LogP contribution in [-0.2, 0) is 9.59 Å². The number of fused-ring (bicyclic) bond motifs is 1. The van der Waals surface area contributed by atoms with Crippen LogP contribution in [0.4, 0.5) is 18.0 Å². The Morgan fingerprint density at radius 2 is 1.76 bits per heavy atom. The predicted octanol–water partition coefficient (Wildman–Crippen LogP) is 0.582. The number of nitrogens with one attached hydrogen (secondary N) is 1. The number of rotatable bonds is 2. The second-order valence-electron chi connectivity index (χ2n) is 6.29. The number of piperazine rings is 1. The van der Waals surface area contributed by atoms with Crippen molar-refractivity contribution in [2.24, 2.45) is 5.92 Å². The smallest absolute Gasteiger partial charge is 0.481 e. The molecule has 1 aliphatic carbocycles. The van der Waals surface area contributed by atoms with Gasteiger partial charge in [-0.25, -0.2) is 9.59 Å². The molecule has 0 aromatic heterocycles. The molecule has 3 rings (SSSR count). The number of amides is 2. The molecule has 11 heteroatoms. The number of carbonyl (C=O) groups is 3. The molecule has 0 aromatic rings. The van der Waals surface area contributed by atoms with Crippen molar-refractivity contribution in [3.63, 3.8) is 0 Å². The molecule has 0 unspecified atom stereocenters. The molecule has 2 amide bonds. The summed E-state index contributed by atoms with van der Waals surface area (Å²) in [5.41, 5.74) is 0. The third-order valence-corrected chi connectivity index (χ3v) is 4.69. The van der Waals surface area contributed by atoms with Crippen molar-refractivity contribution in [3.05, 3.63) is 0 Å². The van der Waals surface area contributed by atoms with Crippen LogP contribution in [-0.4, -0.2) is 82.4 Å². The Balaban J connectivity index is 0.000000277. The monoisotopic (exact) mass is 367 g/mol. The number of aliphatic carboxylic acids is 2. The van der Waals surface area contributed by atoms with E-state index in [1.807, 2.05) is 9.80 Å². The number of hydrogen-bond acceptors (Lipinski definition) is 4. The fourth-order valence-electron chi connectivity index (χ4n) is 3.42. The number of halogens is 3. The van der Waals surface area contributed by atoms with Crippen LogP contribution in [0.25, 0.3) is 0 Å². The molecule has 3 aliphatic rings. The van der Waals surface area contributed by atoms with E-state index in [0.29, 0.717) is 12.8 Å². The minimum absolute atomic E-state index is 0.109. The molecule has 0 spiro atoms. The van der Waals surface area contributed by atoms with Gasteiger partial charge >= 0.3 is 24.1 Å². The Hall–Kier alpha value is -2.04. The summed E-state index contributed by atoms with van der Waals surface area (Å²) in [5, 5.41) is 19.4. The first-order valence-corrected chi connectivity index (χ1v) is 7.92. The maximum absolute atomic E-state index is 12.3. The van der Waals surface area contributed by atoms with E-state index in [1.54, 1.807) is 0 Å². The van der Waals surface area contributed by atoms with Gasteiger partial charge in [0.05, 0.1) is 12.0 Å². The number of hydrogen-bond donors (Lipinski definition) is 3. The average molecular weight is 367 g/mol. The second-order valence-corrected chi connectivity index (χ2v) is 6.29. The maximum atomic E-state index is 12.3. The van der Waals surface area contributed by atoms with Crippen LogP contribution in [0, 0.1) is 5.92 Å². The number of nitrogens with zero attached hydrogens (tertiary/aromatic N) is 2. The molecule has 142 valence electrons. The van der Waals surface area contributed by atoms with Gasteiger partial charge in [0.25, 0.3) is 0 Å². The van der Waals surface area contributed by atoms with E-state index in [2.05, 4.69) is 5.32 Å². The minimum atomic E-state index is -5.08. The summed E-state index contributed by atoms with van der Waals surface area (Å²) in [6, 6.07) is 0.511. The number of carbonyl (C=O) groups excluding carboxylic acids is 1. The van der Waals surface area contributed by atoms with Crippen molar-refractivity contribution < 1.29 is 37.8 Å². The number of carboxylic acid groups (broad SMARTS) is 2. The van der Waals surface area contributed by atoms with E-state index in [-0.39, 0.29) is 24.0 Å². The molecule has 2 saturated heterocycles. The minimum Gasteiger partial charge on any atom is -0.481 e. The van der Waals surface area contributed by atoms with Gasteiger partial charge in [-0.15, -0.1) is 0 Å². The lowest BCUT2D eigenvalue weighted by Crippen LogP contribution is -2.50. The largest absolute Gasteiger partial charge is 0.490 e. The van der Waals surface area contributed by atoms with Crippen LogP contribution in [0.1, 0.15) is 19.3 Å². The van der Waals surface area contributed by atoms with Crippen LogP contribution >= 0.6 is 0 Å². The molecule has 0 bridgehead atoms. The fraction of sp³-hybridized carbons (Fsp3) is 0.786. The molecule has 3 fully saturated rings. The highest BCUT2D eigenvalue weighted by atomic mass is 19.4. The van der Waals surface area contributed by atoms with E-state index in [9.17, 15) is 22.8 Å². The lowest BCUT2D eigenvalue weighted by atomic mass is 10.1. The van der Waals surface area contributed by atoms with E-state index in [0.717, 1.165) is 32.6 Å². The average Bonchev–Trinajstić information content (AvgIpc) is 3.12. The second kappa shape index (κ2) is 7.46. The number of carboxylic acids is 2. The fourth-order valence-corrected chi connectivity index (χ4v) is 3.42. The van der Waals surface area contributed by atoms with Crippen LogP contribution < -0.4 is 5.32 Å². The summed E-state index contributed by atoms with van der Waals surface area (Å²) in [7, 11) is 0. The quantitative estimate of drug-likeness (QED) is 0.659. The zero-order valence-corrected chi connectivity index (χ0v) is 13.3. The molecule has 8 nitrogen and oxygen atoms in total. The van der Waals surface area contributed by atoms with Gasteiger partial charge < -0.3 is 25.3 Å². The molecule has 3 atom stereocenters. The summed E-state index contributed by atoms with van der Waals surface area (Å²) in [5.74, 6) is -3.74. The van der Waals surface area contributed by atoms with Crippen molar-refractivity contribution in [3.8, 4) is 0 Å². The van der Waals surface area contributed by atoms with Crippen LogP contribution in [0.3, 0.4) is 0 Å². The van der Waals surface area contributed by atoms with Gasteiger partial charge in [0.15, 0.2) is 0 Å². The molecule has 1 saturated carbocycles. The Morgan fingerprint density at radius 1 is 1.12 bits per heavy atom. The van der Waals surface area contributed by atoms with E-state index in [4.69, 9.17) is 15.0 Å². The van der Waals surface area contributed by atoms with Crippen molar-refractivity contribution in [2.75, 3.05) is 26.2 Å². The van der Waals surface area contributed by atoms with E-state index in [1.165, 1.54) is 0 Å². The molecule has 0 radical (unpaired) electrons. The summed E-state index contributed by atoms with van der Waals surface area (Å²) in [6.45, 7) is 3.24.